The smallest absolute Gasteiger partial charge is 0.221 e. The Morgan fingerprint density at radius 1 is 1.41 bits per heavy atom. The number of amides is 1. The number of carbonyl (C=O) groups excluding carboxylic acids is 1. The Labute approximate surface area is 108 Å². The summed E-state index contributed by atoms with van der Waals surface area (Å²) >= 11 is 0. The minimum atomic E-state index is -0.0463. The number of anilines is 1. The first-order chi connectivity index (χ1) is 7.65. The molecule has 1 saturated carbocycles. The van der Waals surface area contributed by atoms with Crippen LogP contribution in [0.15, 0.2) is 24.3 Å². The molecular weight excluding hydrogens is 236 g/mol. The maximum absolute atomic E-state index is 10.8. The van der Waals surface area contributed by atoms with Crippen molar-refractivity contribution < 1.29 is 4.79 Å². The van der Waals surface area contributed by atoms with Crippen molar-refractivity contribution in [2.75, 3.05) is 5.32 Å². The van der Waals surface area contributed by atoms with Crippen molar-refractivity contribution in [1.29, 1.82) is 0 Å². The topological polar surface area (TPSA) is 55.1 Å². The highest BCUT2D eigenvalue weighted by molar-refractivity contribution is 5.88. The van der Waals surface area contributed by atoms with Gasteiger partial charge in [0.05, 0.1) is 0 Å². The molecule has 17 heavy (non-hydrogen) atoms. The summed E-state index contributed by atoms with van der Waals surface area (Å²) in [5.74, 6) is 0.792. The van der Waals surface area contributed by atoms with Crippen molar-refractivity contribution in [3.63, 3.8) is 0 Å². The molecule has 2 rings (SSSR count). The predicted molar refractivity (Wildman–Crippen MR) is 72.3 cm³/mol. The molecule has 1 aromatic rings. The van der Waals surface area contributed by atoms with E-state index in [1.807, 2.05) is 24.3 Å². The zero-order chi connectivity index (χ0) is 11.5. The lowest BCUT2D eigenvalue weighted by Gasteiger charge is -2.12. The van der Waals surface area contributed by atoms with Gasteiger partial charge in [-0.3, -0.25) is 4.79 Å². The van der Waals surface area contributed by atoms with E-state index in [0.717, 1.165) is 23.6 Å². The molecule has 1 amide bonds. The highest BCUT2D eigenvalue weighted by Gasteiger charge is 2.24. The number of nitrogens with two attached hydrogens (primary N) is 1. The van der Waals surface area contributed by atoms with Crippen molar-refractivity contribution in [3.05, 3.63) is 29.8 Å². The summed E-state index contributed by atoms with van der Waals surface area (Å²) in [5, 5.41) is 2.74. The lowest BCUT2D eigenvalue weighted by molar-refractivity contribution is -0.114. The maximum Gasteiger partial charge on any atom is 0.221 e. The van der Waals surface area contributed by atoms with Crippen LogP contribution >= 0.6 is 12.4 Å². The third-order valence-corrected chi connectivity index (χ3v) is 2.94. The van der Waals surface area contributed by atoms with Crippen molar-refractivity contribution >= 4 is 24.0 Å². The van der Waals surface area contributed by atoms with E-state index in [4.69, 9.17) is 5.73 Å². The summed E-state index contributed by atoms with van der Waals surface area (Å²) in [6.07, 6.45) is 3.74. The molecule has 1 aliphatic rings. The van der Waals surface area contributed by atoms with E-state index in [0.29, 0.717) is 0 Å². The average molecular weight is 255 g/mol. The summed E-state index contributed by atoms with van der Waals surface area (Å²) in [5.41, 5.74) is 8.08. The highest BCUT2D eigenvalue weighted by Crippen LogP contribution is 2.36. The molecule has 94 valence electrons. The monoisotopic (exact) mass is 254 g/mol. The molecule has 3 nitrogen and oxygen atoms in total. The largest absolute Gasteiger partial charge is 0.326 e. The quantitative estimate of drug-likeness (QED) is 0.868. The molecule has 0 radical (unpaired) electrons. The van der Waals surface area contributed by atoms with Gasteiger partial charge in [0.2, 0.25) is 5.91 Å². The number of hydrogen-bond acceptors (Lipinski definition) is 2. The van der Waals surface area contributed by atoms with Gasteiger partial charge < -0.3 is 11.1 Å². The molecule has 0 bridgehead atoms. The van der Waals surface area contributed by atoms with Crippen LogP contribution in [0.25, 0.3) is 0 Å². The fourth-order valence-electron chi connectivity index (χ4n) is 1.87. The first-order valence-electron chi connectivity index (χ1n) is 5.78. The van der Waals surface area contributed by atoms with Gasteiger partial charge in [-0.15, -0.1) is 12.4 Å². The molecule has 1 fully saturated rings. The van der Waals surface area contributed by atoms with Gasteiger partial charge in [0.25, 0.3) is 0 Å². The lowest BCUT2D eigenvalue weighted by Crippen LogP contribution is -2.11. The predicted octanol–water partition coefficient (Wildman–Crippen LogP) is 2.87. The van der Waals surface area contributed by atoms with Gasteiger partial charge in [-0.2, -0.15) is 0 Å². The van der Waals surface area contributed by atoms with E-state index in [1.54, 1.807) is 0 Å². The van der Waals surface area contributed by atoms with Crippen LogP contribution < -0.4 is 11.1 Å². The Morgan fingerprint density at radius 2 is 2.00 bits per heavy atom. The van der Waals surface area contributed by atoms with Gasteiger partial charge in [0, 0.05) is 18.7 Å². The summed E-state index contributed by atoms with van der Waals surface area (Å²) in [4.78, 5) is 10.8. The number of rotatable bonds is 4. The fourth-order valence-corrected chi connectivity index (χ4v) is 1.87. The minimum Gasteiger partial charge on any atom is -0.326 e. The second-order valence-electron chi connectivity index (χ2n) is 4.59. The molecular formula is C13H19ClN2O. The van der Waals surface area contributed by atoms with Crippen molar-refractivity contribution in [2.45, 2.75) is 32.2 Å². The average Bonchev–Trinajstić information content (AvgIpc) is 3.01. The van der Waals surface area contributed by atoms with Gasteiger partial charge in [-0.25, -0.2) is 0 Å². The molecule has 0 saturated heterocycles. The van der Waals surface area contributed by atoms with E-state index >= 15 is 0 Å². The summed E-state index contributed by atoms with van der Waals surface area (Å²) in [7, 11) is 0. The molecule has 1 atom stereocenters. The Balaban J connectivity index is 0.00000144. The van der Waals surface area contributed by atoms with Crippen LogP contribution in [0.2, 0.25) is 0 Å². The standard InChI is InChI=1S/C13H18N2O.ClH/c1-9(16)15-12-6-4-11(5-7-12)13(14)8-10-2-3-10;/h4-7,10,13H,2-3,8,14H2,1H3,(H,15,16);1H/t13-;/m0./s1. The number of carbonyl (C=O) groups is 1. The second kappa shape index (κ2) is 6.03. The van der Waals surface area contributed by atoms with E-state index in [9.17, 15) is 4.79 Å². The minimum absolute atomic E-state index is 0. The first kappa shape index (κ1) is 14.0. The Bertz CT molecular complexity index is 374. The van der Waals surface area contributed by atoms with Crippen LogP contribution in [0.3, 0.4) is 0 Å². The van der Waals surface area contributed by atoms with Crippen LogP contribution in [0.1, 0.15) is 37.8 Å². The molecule has 1 aromatic carbocycles. The van der Waals surface area contributed by atoms with Crippen LogP contribution in [0.5, 0.6) is 0 Å². The van der Waals surface area contributed by atoms with E-state index in [2.05, 4.69) is 5.32 Å². The fraction of sp³-hybridized carbons (Fsp3) is 0.462. The molecule has 3 N–H and O–H groups in total. The van der Waals surface area contributed by atoms with Gasteiger partial charge in [-0.1, -0.05) is 25.0 Å². The third-order valence-electron chi connectivity index (χ3n) is 2.94. The van der Waals surface area contributed by atoms with Crippen molar-refractivity contribution in [2.24, 2.45) is 11.7 Å². The molecule has 0 unspecified atom stereocenters. The maximum atomic E-state index is 10.8. The van der Waals surface area contributed by atoms with Crippen LogP contribution in [-0.4, -0.2) is 5.91 Å². The van der Waals surface area contributed by atoms with Crippen LogP contribution in [0.4, 0.5) is 5.69 Å². The number of benzene rings is 1. The van der Waals surface area contributed by atoms with Gasteiger partial charge in [0.1, 0.15) is 0 Å². The zero-order valence-electron chi connectivity index (χ0n) is 9.98. The Hall–Kier alpha value is -1.06. The summed E-state index contributed by atoms with van der Waals surface area (Å²) in [6.45, 7) is 1.51. The molecule has 0 heterocycles. The zero-order valence-corrected chi connectivity index (χ0v) is 10.8. The Kier molecular flexibility index (Phi) is 4.97. The Morgan fingerprint density at radius 3 is 2.47 bits per heavy atom. The summed E-state index contributed by atoms with van der Waals surface area (Å²) in [6, 6.07) is 7.95. The van der Waals surface area contributed by atoms with Crippen LogP contribution in [0, 0.1) is 5.92 Å². The number of nitrogens with one attached hydrogen (secondary N) is 1. The molecule has 1 aliphatic carbocycles. The van der Waals surface area contributed by atoms with Gasteiger partial charge in [-0.05, 0) is 30.0 Å². The molecule has 4 heteroatoms. The number of hydrogen-bond donors (Lipinski definition) is 2. The van der Waals surface area contributed by atoms with E-state index < -0.39 is 0 Å². The van der Waals surface area contributed by atoms with Crippen LogP contribution in [-0.2, 0) is 4.79 Å². The van der Waals surface area contributed by atoms with Crippen molar-refractivity contribution in [1.82, 2.24) is 0 Å². The van der Waals surface area contributed by atoms with Gasteiger partial charge in [0.15, 0.2) is 0 Å². The van der Waals surface area contributed by atoms with E-state index in [1.165, 1.54) is 19.8 Å². The van der Waals surface area contributed by atoms with E-state index in [-0.39, 0.29) is 24.4 Å². The molecule has 0 aromatic heterocycles. The third kappa shape index (κ3) is 4.36. The molecule has 0 spiro atoms. The molecule has 0 aliphatic heterocycles. The van der Waals surface area contributed by atoms with Gasteiger partial charge >= 0.3 is 0 Å². The highest BCUT2D eigenvalue weighted by atomic mass is 35.5. The lowest BCUT2D eigenvalue weighted by atomic mass is 10.0. The first-order valence-corrected chi connectivity index (χ1v) is 5.78. The second-order valence-corrected chi connectivity index (χ2v) is 4.59. The normalized spacial score (nSPS) is 15.9. The van der Waals surface area contributed by atoms with Crippen molar-refractivity contribution in [3.8, 4) is 0 Å². The summed E-state index contributed by atoms with van der Waals surface area (Å²) < 4.78 is 0. The SMILES string of the molecule is CC(=O)Nc1ccc([C@@H](N)CC2CC2)cc1.Cl. The number of halogens is 1.